The summed E-state index contributed by atoms with van der Waals surface area (Å²) in [5.74, 6) is -2.86. The van der Waals surface area contributed by atoms with E-state index in [0.29, 0.717) is 5.75 Å². The second-order valence-corrected chi connectivity index (χ2v) is 4.03. The highest BCUT2D eigenvalue weighted by molar-refractivity contribution is 5.99. The number of methoxy groups -OCH3 is 2. The normalized spacial score (nSPS) is 11.3. The second kappa shape index (κ2) is 7.13. The van der Waals surface area contributed by atoms with Crippen molar-refractivity contribution in [1.29, 1.82) is 0 Å². The van der Waals surface area contributed by atoms with E-state index in [1.54, 1.807) is 0 Å². The molecule has 0 aliphatic heterocycles. The van der Waals surface area contributed by atoms with Gasteiger partial charge in [0.15, 0.2) is 0 Å². The first kappa shape index (κ1) is 16.3. The average molecular weight is 297 g/mol. The van der Waals surface area contributed by atoms with Gasteiger partial charge in [-0.2, -0.15) is 0 Å². The van der Waals surface area contributed by atoms with Crippen LogP contribution >= 0.6 is 0 Å². The number of hydrogen-bond donors (Lipinski definition) is 3. The third-order valence-corrected chi connectivity index (χ3v) is 2.64. The number of rotatable bonds is 7. The van der Waals surface area contributed by atoms with Gasteiger partial charge in [-0.1, -0.05) is 0 Å². The number of ether oxygens (including phenoxy) is 2. The molecule has 8 heteroatoms. The summed E-state index contributed by atoms with van der Waals surface area (Å²) in [4.78, 5) is 33.5. The lowest BCUT2D eigenvalue weighted by Gasteiger charge is -2.14. The van der Waals surface area contributed by atoms with Crippen molar-refractivity contribution < 1.29 is 34.1 Å². The molecule has 0 radical (unpaired) electrons. The SMILES string of the molecule is COc1ccc(C(=O)NC(CC(=O)O)C(=O)O)c(OC)c1. The molecule has 1 amide bonds. The predicted molar refractivity (Wildman–Crippen MR) is 70.7 cm³/mol. The molecule has 1 aromatic rings. The Bertz CT molecular complexity index is 555. The Labute approximate surface area is 120 Å². The van der Waals surface area contributed by atoms with Gasteiger partial charge in [-0.05, 0) is 12.1 Å². The number of carbonyl (C=O) groups excluding carboxylic acids is 1. The zero-order valence-corrected chi connectivity index (χ0v) is 11.5. The molecular weight excluding hydrogens is 282 g/mol. The molecule has 21 heavy (non-hydrogen) atoms. The lowest BCUT2D eigenvalue weighted by atomic mass is 10.1. The Morgan fingerprint density at radius 2 is 1.86 bits per heavy atom. The van der Waals surface area contributed by atoms with E-state index in [1.807, 2.05) is 0 Å². The molecule has 0 spiro atoms. The van der Waals surface area contributed by atoms with Crippen LogP contribution in [0.4, 0.5) is 0 Å². The van der Waals surface area contributed by atoms with E-state index < -0.39 is 30.3 Å². The number of aliphatic carboxylic acids is 2. The van der Waals surface area contributed by atoms with Crippen molar-refractivity contribution in [1.82, 2.24) is 5.32 Å². The number of hydrogen-bond acceptors (Lipinski definition) is 5. The summed E-state index contributed by atoms with van der Waals surface area (Å²) in [7, 11) is 2.79. The standard InChI is InChI=1S/C13H15NO7/c1-20-7-3-4-8(10(5-7)21-2)12(17)14-9(13(18)19)6-11(15)16/h3-5,9H,6H2,1-2H3,(H,14,17)(H,15,16)(H,18,19). The fourth-order valence-corrected chi connectivity index (χ4v) is 1.60. The van der Waals surface area contributed by atoms with Crippen LogP contribution in [0.1, 0.15) is 16.8 Å². The molecule has 1 unspecified atom stereocenters. The highest BCUT2D eigenvalue weighted by Crippen LogP contribution is 2.24. The molecule has 0 bridgehead atoms. The predicted octanol–water partition coefficient (Wildman–Crippen LogP) is 0.361. The van der Waals surface area contributed by atoms with Crippen molar-refractivity contribution in [3.05, 3.63) is 23.8 Å². The Hall–Kier alpha value is -2.77. The third-order valence-electron chi connectivity index (χ3n) is 2.64. The largest absolute Gasteiger partial charge is 0.497 e. The van der Waals surface area contributed by atoms with Gasteiger partial charge >= 0.3 is 11.9 Å². The highest BCUT2D eigenvalue weighted by Gasteiger charge is 2.25. The topological polar surface area (TPSA) is 122 Å². The third kappa shape index (κ3) is 4.37. The van der Waals surface area contributed by atoms with Crippen LogP contribution in [0.25, 0.3) is 0 Å². The molecule has 3 N–H and O–H groups in total. The van der Waals surface area contributed by atoms with Crippen LogP contribution in [0.15, 0.2) is 18.2 Å². The van der Waals surface area contributed by atoms with Crippen molar-refractivity contribution in [2.24, 2.45) is 0 Å². The summed E-state index contributed by atoms with van der Waals surface area (Å²) >= 11 is 0. The first-order valence-electron chi connectivity index (χ1n) is 5.86. The van der Waals surface area contributed by atoms with E-state index in [2.05, 4.69) is 5.32 Å². The summed E-state index contributed by atoms with van der Waals surface area (Å²) < 4.78 is 10.0. The van der Waals surface area contributed by atoms with E-state index in [1.165, 1.54) is 32.4 Å². The summed E-state index contributed by atoms with van der Waals surface area (Å²) in [6, 6.07) is 2.83. The van der Waals surface area contributed by atoms with Crippen molar-refractivity contribution in [2.75, 3.05) is 14.2 Å². The van der Waals surface area contributed by atoms with Crippen molar-refractivity contribution in [2.45, 2.75) is 12.5 Å². The minimum atomic E-state index is -1.53. The quantitative estimate of drug-likeness (QED) is 0.664. The van der Waals surface area contributed by atoms with Crippen LogP contribution in [-0.4, -0.2) is 48.3 Å². The average Bonchev–Trinajstić information content (AvgIpc) is 2.45. The van der Waals surface area contributed by atoms with Gasteiger partial charge in [-0.25, -0.2) is 4.79 Å². The van der Waals surface area contributed by atoms with Gasteiger partial charge in [-0.15, -0.1) is 0 Å². The van der Waals surface area contributed by atoms with Crippen LogP contribution in [0.2, 0.25) is 0 Å². The number of amides is 1. The van der Waals surface area contributed by atoms with E-state index in [-0.39, 0.29) is 11.3 Å². The van der Waals surface area contributed by atoms with Crippen molar-refractivity contribution in [3.63, 3.8) is 0 Å². The Morgan fingerprint density at radius 3 is 2.33 bits per heavy atom. The maximum absolute atomic E-state index is 12.0. The molecule has 1 atom stereocenters. The van der Waals surface area contributed by atoms with E-state index in [0.717, 1.165) is 0 Å². The molecular formula is C13H15NO7. The number of benzene rings is 1. The fraction of sp³-hybridized carbons (Fsp3) is 0.308. The first-order valence-corrected chi connectivity index (χ1v) is 5.86. The zero-order chi connectivity index (χ0) is 16.0. The molecule has 114 valence electrons. The maximum Gasteiger partial charge on any atom is 0.326 e. The van der Waals surface area contributed by atoms with Crippen molar-refractivity contribution >= 4 is 17.8 Å². The molecule has 0 fully saturated rings. The molecule has 1 aromatic carbocycles. The van der Waals surface area contributed by atoms with Gasteiger partial charge in [0.05, 0.1) is 26.2 Å². The molecule has 0 saturated heterocycles. The molecule has 0 aliphatic rings. The second-order valence-electron chi connectivity index (χ2n) is 4.03. The van der Waals surface area contributed by atoms with Crippen LogP contribution < -0.4 is 14.8 Å². The number of carboxylic acids is 2. The molecule has 0 aromatic heterocycles. The fourth-order valence-electron chi connectivity index (χ4n) is 1.60. The summed E-state index contributed by atoms with van der Waals surface area (Å²) in [5, 5.41) is 19.7. The Kier molecular flexibility index (Phi) is 5.53. The lowest BCUT2D eigenvalue weighted by Crippen LogP contribution is -2.42. The molecule has 0 aliphatic carbocycles. The van der Waals surface area contributed by atoms with Gasteiger partial charge in [0, 0.05) is 6.07 Å². The zero-order valence-electron chi connectivity index (χ0n) is 11.5. The van der Waals surface area contributed by atoms with E-state index in [9.17, 15) is 14.4 Å². The summed E-state index contributed by atoms with van der Waals surface area (Å²) in [6.07, 6.45) is -0.723. The minimum Gasteiger partial charge on any atom is -0.497 e. The van der Waals surface area contributed by atoms with Gasteiger partial charge in [0.2, 0.25) is 0 Å². The number of carboxylic acid groups (broad SMARTS) is 2. The lowest BCUT2D eigenvalue weighted by molar-refractivity contribution is -0.145. The van der Waals surface area contributed by atoms with Crippen LogP contribution in [0.3, 0.4) is 0 Å². The van der Waals surface area contributed by atoms with Crippen LogP contribution in [0, 0.1) is 0 Å². The van der Waals surface area contributed by atoms with E-state index >= 15 is 0 Å². The smallest absolute Gasteiger partial charge is 0.326 e. The van der Waals surface area contributed by atoms with Gasteiger partial charge in [0.1, 0.15) is 17.5 Å². The van der Waals surface area contributed by atoms with Crippen molar-refractivity contribution in [3.8, 4) is 11.5 Å². The van der Waals surface area contributed by atoms with Gasteiger partial charge in [0.25, 0.3) is 5.91 Å². The Balaban J connectivity index is 2.96. The molecule has 0 saturated carbocycles. The monoisotopic (exact) mass is 297 g/mol. The molecule has 0 heterocycles. The maximum atomic E-state index is 12.0. The Morgan fingerprint density at radius 1 is 1.19 bits per heavy atom. The summed E-state index contributed by atoms with van der Waals surface area (Å²) in [6.45, 7) is 0. The van der Waals surface area contributed by atoms with E-state index in [4.69, 9.17) is 19.7 Å². The molecule has 8 nitrogen and oxygen atoms in total. The van der Waals surface area contributed by atoms with Gasteiger partial charge < -0.3 is 25.0 Å². The highest BCUT2D eigenvalue weighted by atomic mass is 16.5. The van der Waals surface area contributed by atoms with Gasteiger partial charge in [-0.3, -0.25) is 9.59 Å². The summed E-state index contributed by atoms with van der Waals surface area (Å²) in [5.41, 5.74) is 0.0786. The first-order chi connectivity index (χ1) is 9.88. The minimum absolute atomic E-state index is 0.0786. The molecule has 1 rings (SSSR count). The number of carbonyl (C=O) groups is 3. The van der Waals surface area contributed by atoms with Crippen LogP contribution in [-0.2, 0) is 9.59 Å². The van der Waals surface area contributed by atoms with Crippen LogP contribution in [0.5, 0.6) is 11.5 Å². The number of nitrogens with one attached hydrogen (secondary N) is 1.